The maximum atomic E-state index is 11.8. The first kappa shape index (κ1) is 12.9. The highest BCUT2D eigenvalue weighted by molar-refractivity contribution is 5.77. The van der Waals surface area contributed by atoms with Crippen LogP contribution in [-0.2, 0) is 4.79 Å². The van der Waals surface area contributed by atoms with Crippen molar-refractivity contribution in [1.82, 2.24) is 15.0 Å². The smallest absolute Gasteiger partial charge is 0.238 e. The van der Waals surface area contributed by atoms with Gasteiger partial charge in [-0.3, -0.25) is 4.79 Å². The van der Waals surface area contributed by atoms with E-state index in [0.29, 0.717) is 37.0 Å². The molecular formula is C14H17N3O3. The number of carbonyl (C=O) groups is 1. The van der Waals surface area contributed by atoms with Gasteiger partial charge in [-0.2, -0.15) is 4.98 Å². The standard InChI is InChI=1S/C14H17N3O3/c1-2-3-6-12(18)17-8-10(9-17)14-15-13(16-20-14)11-5-4-7-19-11/h4-5,7,10H,2-3,6,8-9H2,1H3. The fourth-order valence-electron chi connectivity index (χ4n) is 2.23. The molecule has 20 heavy (non-hydrogen) atoms. The van der Waals surface area contributed by atoms with E-state index in [0.717, 1.165) is 12.8 Å². The quantitative estimate of drug-likeness (QED) is 0.838. The first-order valence-electron chi connectivity index (χ1n) is 6.93. The van der Waals surface area contributed by atoms with Gasteiger partial charge in [0.2, 0.25) is 17.6 Å². The van der Waals surface area contributed by atoms with Gasteiger partial charge in [0, 0.05) is 19.5 Å². The Kier molecular flexibility index (Phi) is 3.54. The maximum absolute atomic E-state index is 11.8. The molecule has 1 fully saturated rings. The number of aromatic nitrogens is 2. The van der Waals surface area contributed by atoms with Crippen molar-refractivity contribution in [1.29, 1.82) is 0 Å². The van der Waals surface area contributed by atoms with Crippen LogP contribution >= 0.6 is 0 Å². The van der Waals surface area contributed by atoms with Crippen LogP contribution in [0.1, 0.15) is 38.0 Å². The highest BCUT2D eigenvalue weighted by atomic mass is 16.5. The van der Waals surface area contributed by atoms with E-state index in [1.807, 2.05) is 4.90 Å². The van der Waals surface area contributed by atoms with Gasteiger partial charge < -0.3 is 13.8 Å². The van der Waals surface area contributed by atoms with E-state index in [4.69, 9.17) is 8.94 Å². The molecule has 1 amide bonds. The van der Waals surface area contributed by atoms with Crippen LogP contribution in [0.25, 0.3) is 11.6 Å². The Hall–Kier alpha value is -2.11. The Balaban J connectivity index is 1.56. The summed E-state index contributed by atoms with van der Waals surface area (Å²) in [6.07, 6.45) is 4.19. The molecule has 6 heteroatoms. The van der Waals surface area contributed by atoms with Crippen LogP contribution in [0, 0.1) is 0 Å². The molecule has 0 saturated carbocycles. The fourth-order valence-corrected chi connectivity index (χ4v) is 2.23. The van der Waals surface area contributed by atoms with Crippen molar-refractivity contribution in [2.24, 2.45) is 0 Å². The second-order valence-electron chi connectivity index (χ2n) is 5.03. The van der Waals surface area contributed by atoms with Gasteiger partial charge in [-0.25, -0.2) is 0 Å². The molecule has 0 unspecified atom stereocenters. The molecule has 106 valence electrons. The van der Waals surface area contributed by atoms with Crippen molar-refractivity contribution < 1.29 is 13.7 Å². The van der Waals surface area contributed by atoms with Gasteiger partial charge >= 0.3 is 0 Å². The van der Waals surface area contributed by atoms with Crippen LogP contribution in [0.3, 0.4) is 0 Å². The Bertz CT molecular complexity index is 570. The third-order valence-electron chi connectivity index (χ3n) is 3.51. The molecule has 6 nitrogen and oxygen atoms in total. The zero-order chi connectivity index (χ0) is 13.9. The van der Waals surface area contributed by atoms with Crippen molar-refractivity contribution in [3.8, 4) is 11.6 Å². The second-order valence-corrected chi connectivity index (χ2v) is 5.03. The van der Waals surface area contributed by atoms with Crippen LogP contribution in [0.15, 0.2) is 27.3 Å². The first-order valence-corrected chi connectivity index (χ1v) is 6.93. The molecule has 0 radical (unpaired) electrons. The van der Waals surface area contributed by atoms with Crippen LogP contribution in [-0.4, -0.2) is 34.0 Å². The number of likely N-dealkylation sites (tertiary alicyclic amines) is 1. The fraction of sp³-hybridized carbons (Fsp3) is 0.500. The Morgan fingerprint density at radius 3 is 3.05 bits per heavy atom. The van der Waals surface area contributed by atoms with E-state index in [1.54, 1.807) is 18.4 Å². The number of nitrogens with zero attached hydrogens (tertiary/aromatic N) is 3. The van der Waals surface area contributed by atoms with Crippen molar-refractivity contribution in [2.45, 2.75) is 32.1 Å². The molecule has 1 saturated heterocycles. The zero-order valence-corrected chi connectivity index (χ0v) is 11.4. The molecule has 3 rings (SSSR count). The summed E-state index contributed by atoms with van der Waals surface area (Å²) in [7, 11) is 0. The highest BCUT2D eigenvalue weighted by Gasteiger charge is 2.35. The molecule has 0 bridgehead atoms. The monoisotopic (exact) mass is 275 g/mol. The summed E-state index contributed by atoms with van der Waals surface area (Å²) in [5.41, 5.74) is 0. The van der Waals surface area contributed by atoms with Crippen molar-refractivity contribution >= 4 is 5.91 Å². The van der Waals surface area contributed by atoms with Gasteiger partial charge in [-0.05, 0) is 18.6 Å². The predicted octanol–water partition coefficient (Wildman–Crippen LogP) is 2.45. The minimum Gasteiger partial charge on any atom is -0.461 e. The number of carbonyl (C=O) groups excluding carboxylic acids is 1. The average molecular weight is 275 g/mol. The third kappa shape index (κ3) is 2.45. The number of amides is 1. The molecule has 0 atom stereocenters. The Morgan fingerprint density at radius 2 is 2.35 bits per heavy atom. The predicted molar refractivity (Wildman–Crippen MR) is 70.8 cm³/mol. The Morgan fingerprint density at radius 1 is 1.50 bits per heavy atom. The van der Waals surface area contributed by atoms with Crippen molar-refractivity contribution in [3.63, 3.8) is 0 Å². The largest absolute Gasteiger partial charge is 0.461 e. The highest BCUT2D eigenvalue weighted by Crippen LogP contribution is 2.28. The summed E-state index contributed by atoms with van der Waals surface area (Å²) < 4.78 is 10.5. The molecule has 2 aromatic heterocycles. The van der Waals surface area contributed by atoms with E-state index >= 15 is 0 Å². The summed E-state index contributed by atoms with van der Waals surface area (Å²) in [4.78, 5) is 18.0. The number of unbranched alkanes of at least 4 members (excludes halogenated alkanes) is 1. The molecule has 3 heterocycles. The van der Waals surface area contributed by atoms with Crippen LogP contribution < -0.4 is 0 Å². The van der Waals surface area contributed by atoms with Gasteiger partial charge in [-0.1, -0.05) is 18.5 Å². The average Bonchev–Trinajstić information content (AvgIpc) is 3.04. The summed E-state index contributed by atoms with van der Waals surface area (Å²) in [6.45, 7) is 3.42. The van der Waals surface area contributed by atoms with E-state index in [2.05, 4.69) is 17.1 Å². The number of hydrogen-bond donors (Lipinski definition) is 0. The molecule has 1 aliphatic heterocycles. The third-order valence-corrected chi connectivity index (χ3v) is 3.51. The van der Waals surface area contributed by atoms with Gasteiger partial charge in [0.1, 0.15) is 0 Å². The zero-order valence-electron chi connectivity index (χ0n) is 11.4. The van der Waals surface area contributed by atoms with E-state index < -0.39 is 0 Å². The van der Waals surface area contributed by atoms with E-state index in [-0.39, 0.29) is 11.8 Å². The van der Waals surface area contributed by atoms with Gasteiger partial charge in [0.25, 0.3) is 0 Å². The summed E-state index contributed by atoms with van der Waals surface area (Å²) in [6, 6.07) is 3.57. The number of hydrogen-bond acceptors (Lipinski definition) is 5. The van der Waals surface area contributed by atoms with Gasteiger partial charge in [-0.15, -0.1) is 0 Å². The second kappa shape index (κ2) is 5.48. The normalized spacial score (nSPS) is 15.3. The molecule has 0 spiro atoms. The topological polar surface area (TPSA) is 72.4 Å². The summed E-state index contributed by atoms with van der Waals surface area (Å²) in [5.74, 6) is 2.00. The number of rotatable bonds is 5. The van der Waals surface area contributed by atoms with E-state index in [1.165, 1.54) is 0 Å². The summed E-state index contributed by atoms with van der Waals surface area (Å²) in [5, 5.41) is 3.90. The molecule has 0 aliphatic carbocycles. The minimum atomic E-state index is 0.150. The lowest BCUT2D eigenvalue weighted by molar-refractivity contribution is -0.136. The lowest BCUT2D eigenvalue weighted by atomic mass is 9.99. The molecule has 1 aliphatic rings. The SMILES string of the molecule is CCCCC(=O)N1CC(c2nc(-c3ccco3)no2)C1. The van der Waals surface area contributed by atoms with Crippen LogP contribution in [0.2, 0.25) is 0 Å². The lowest BCUT2D eigenvalue weighted by Gasteiger charge is -2.37. The molecular weight excluding hydrogens is 258 g/mol. The first-order chi connectivity index (χ1) is 9.78. The lowest BCUT2D eigenvalue weighted by Crippen LogP contribution is -2.48. The molecule has 2 aromatic rings. The maximum Gasteiger partial charge on any atom is 0.238 e. The Labute approximate surface area is 116 Å². The minimum absolute atomic E-state index is 0.150. The van der Waals surface area contributed by atoms with Crippen LogP contribution in [0.5, 0.6) is 0 Å². The number of furan rings is 1. The van der Waals surface area contributed by atoms with Gasteiger partial charge in [0.15, 0.2) is 5.76 Å². The van der Waals surface area contributed by atoms with Crippen LogP contribution in [0.4, 0.5) is 0 Å². The van der Waals surface area contributed by atoms with Gasteiger partial charge in [0.05, 0.1) is 12.2 Å². The molecule has 0 N–H and O–H groups in total. The van der Waals surface area contributed by atoms with E-state index in [9.17, 15) is 4.79 Å². The van der Waals surface area contributed by atoms with Crippen molar-refractivity contribution in [2.75, 3.05) is 13.1 Å². The molecule has 0 aromatic carbocycles. The van der Waals surface area contributed by atoms with Crippen molar-refractivity contribution in [3.05, 3.63) is 24.3 Å². The summed E-state index contributed by atoms with van der Waals surface area (Å²) >= 11 is 0.